The summed E-state index contributed by atoms with van der Waals surface area (Å²) < 4.78 is 0. The molecule has 26 heavy (non-hydrogen) atoms. The minimum Gasteiger partial charge on any atom is -0.390 e. The average molecular weight is 354 g/mol. The Labute approximate surface area is 152 Å². The van der Waals surface area contributed by atoms with Gasteiger partial charge in [-0.05, 0) is 62.8 Å². The maximum atomic E-state index is 12.6. The van der Waals surface area contributed by atoms with Crippen LogP contribution >= 0.6 is 0 Å². The Kier molecular flexibility index (Phi) is 3.54. The summed E-state index contributed by atoms with van der Waals surface area (Å²) in [6.07, 6.45) is 8.65. The number of pyridine rings is 1. The van der Waals surface area contributed by atoms with Crippen molar-refractivity contribution in [3.63, 3.8) is 0 Å². The van der Waals surface area contributed by atoms with Gasteiger partial charge in [0.1, 0.15) is 5.65 Å². The molecule has 0 aliphatic heterocycles. The second-order valence-corrected chi connectivity index (χ2v) is 8.51. The van der Waals surface area contributed by atoms with E-state index < -0.39 is 5.60 Å². The van der Waals surface area contributed by atoms with Gasteiger partial charge in [-0.3, -0.25) is 4.79 Å². The van der Waals surface area contributed by atoms with Crippen LogP contribution in [0.15, 0.2) is 18.5 Å². The molecular weight excluding hydrogens is 328 g/mol. The summed E-state index contributed by atoms with van der Waals surface area (Å²) in [5.41, 5.74) is 1.83. The van der Waals surface area contributed by atoms with Crippen molar-refractivity contribution in [1.29, 1.82) is 0 Å². The minimum absolute atomic E-state index is 0.0898. The lowest BCUT2D eigenvalue weighted by Crippen LogP contribution is -2.59. The third kappa shape index (κ3) is 2.42. The molecule has 0 spiro atoms. The van der Waals surface area contributed by atoms with Crippen LogP contribution in [0.1, 0.15) is 49.4 Å². The SMILES string of the molecule is CCNC(=O)c1cnc2[nH]ccc2c1NC1[C@@H]2CC3C[C@H]1CC(O)(C3)C2. The molecular formula is C20H26N4O2. The molecule has 4 aliphatic carbocycles. The first kappa shape index (κ1) is 16.1. The summed E-state index contributed by atoms with van der Waals surface area (Å²) in [7, 11) is 0. The zero-order valence-corrected chi connectivity index (χ0v) is 15.1. The van der Waals surface area contributed by atoms with Gasteiger partial charge < -0.3 is 20.7 Å². The van der Waals surface area contributed by atoms with Crippen LogP contribution in [0.4, 0.5) is 5.69 Å². The Morgan fingerprint density at radius 3 is 2.81 bits per heavy atom. The van der Waals surface area contributed by atoms with Crippen molar-refractivity contribution in [3.05, 3.63) is 24.0 Å². The maximum absolute atomic E-state index is 12.6. The molecule has 0 aromatic carbocycles. The van der Waals surface area contributed by atoms with Gasteiger partial charge in [-0.25, -0.2) is 4.98 Å². The standard InChI is InChI=1S/C20H26N4O2/c1-2-21-19(25)15-10-23-18-14(3-4-22-18)17(15)24-16-12-5-11-6-13(16)9-20(26,7-11)8-12/h3-4,10-13,16,26H,2,5-9H2,1H3,(H,21,25)(H2,22,23,24)/t11?,12-,13+,16?,20?. The largest absolute Gasteiger partial charge is 0.390 e. The van der Waals surface area contributed by atoms with E-state index in [1.54, 1.807) is 6.20 Å². The fourth-order valence-electron chi connectivity index (χ4n) is 5.98. The number of fused-ring (bicyclic) bond motifs is 1. The first-order valence-corrected chi connectivity index (χ1v) is 9.79. The number of amides is 1. The molecule has 138 valence electrons. The van der Waals surface area contributed by atoms with Gasteiger partial charge in [-0.2, -0.15) is 0 Å². The van der Waals surface area contributed by atoms with Gasteiger partial charge in [-0.15, -0.1) is 0 Å². The highest BCUT2D eigenvalue weighted by atomic mass is 16.3. The smallest absolute Gasteiger partial charge is 0.254 e. The van der Waals surface area contributed by atoms with Crippen LogP contribution in [0, 0.1) is 17.8 Å². The van der Waals surface area contributed by atoms with Gasteiger partial charge in [0.15, 0.2) is 0 Å². The summed E-state index contributed by atoms with van der Waals surface area (Å²) in [5.74, 6) is 1.54. The lowest BCUT2D eigenvalue weighted by atomic mass is 9.52. The fraction of sp³-hybridized carbons (Fsp3) is 0.600. The number of rotatable bonds is 4. The predicted molar refractivity (Wildman–Crippen MR) is 100 cm³/mol. The number of carbonyl (C=O) groups excluding carboxylic acids is 1. The summed E-state index contributed by atoms with van der Waals surface area (Å²) in [6, 6.07) is 2.30. The Morgan fingerprint density at radius 1 is 1.35 bits per heavy atom. The topological polar surface area (TPSA) is 90.0 Å². The van der Waals surface area contributed by atoms with Crippen LogP contribution in [0.25, 0.3) is 11.0 Å². The highest BCUT2D eigenvalue weighted by Gasteiger charge is 2.54. The molecule has 2 aromatic rings. The number of anilines is 1. The van der Waals surface area contributed by atoms with Gasteiger partial charge in [0.25, 0.3) is 5.91 Å². The molecule has 4 aliphatic rings. The fourth-order valence-corrected chi connectivity index (χ4v) is 5.98. The first-order chi connectivity index (χ1) is 12.6. The molecule has 0 saturated heterocycles. The third-order valence-corrected chi connectivity index (χ3v) is 6.72. The Bertz CT molecular complexity index is 845. The highest BCUT2D eigenvalue weighted by Crippen LogP contribution is 2.56. The molecule has 6 rings (SSSR count). The molecule has 5 atom stereocenters. The van der Waals surface area contributed by atoms with Crippen molar-refractivity contribution in [2.75, 3.05) is 11.9 Å². The van der Waals surface area contributed by atoms with E-state index in [9.17, 15) is 9.90 Å². The molecule has 4 N–H and O–H groups in total. The molecule has 3 unspecified atom stereocenters. The van der Waals surface area contributed by atoms with E-state index in [2.05, 4.69) is 20.6 Å². The Hall–Kier alpha value is -2.08. The number of nitrogens with zero attached hydrogens (tertiary/aromatic N) is 1. The molecule has 6 nitrogen and oxygen atoms in total. The van der Waals surface area contributed by atoms with Gasteiger partial charge in [0.05, 0.1) is 16.9 Å². The van der Waals surface area contributed by atoms with Crippen LogP contribution in [-0.2, 0) is 0 Å². The molecule has 4 saturated carbocycles. The zero-order valence-electron chi connectivity index (χ0n) is 15.1. The van der Waals surface area contributed by atoms with E-state index in [-0.39, 0.29) is 5.91 Å². The molecule has 0 radical (unpaired) electrons. The van der Waals surface area contributed by atoms with Gasteiger partial charge >= 0.3 is 0 Å². The molecule has 6 heteroatoms. The average Bonchev–Trinajstić information content (AvgIpc) is 3.05. The molecule has 4 fully saturated rings. The van der Waals surface area contributed by atoms with Crippen LogP contribution in [0.5, 0.6) is 0 Å². The van der Waals surface area contributed by atoms with E-state index in [4.69, 9.17) is 0 Å². The predicted octanol–water partition coefficient (Wildman–Crippen LogP) is 2.66. The van der Waals surface area contributed by atoms with Crippen LogP contribution < -0.4 is 10.6 Å². The van der Waals surface area contributed by atoms with E-state index in [0.29, 0.717) is 35.9 Å². The zero-order chi connectivity index (χ0) is 17.9. The van der Waals surface area contributed by atoms with E-state index in [1.165, 1.54) is 12.8 Å². The van der Waals surface area contributed by atoms with Crippen molar-refractivity contribution in [3.8, 4) is 0 Å². The van der Waals surface area contributed by atoms with Crippen molar-refractivity contribution in [1.82, 2.24) is 15.3 Å². The van der Waals surface area contributed by atoms with Crippen molar-refractivity contribution >= 4 is 22.6 Å². The number of carbonyl (C=O) groups is 1. The van der Waals surface area contributed by atoms with Crippen LogP contribution in [0.2, 0.25) is 0 Å². The summed E-state index contributed by atoms with van der Waals surface area (Å²) >= 11 is 0. The molecule has 2 heterocycles. The third-order valence-electron chi connectivity index (χ3n) is 6.72. The monoisotopic (exact) mass is 354 g/mol. The van der Waals surface area contributed by atoms with E-state index >= 15 is 0 Å². The molecule has 2 aromatic heterocycles. The summed E-state index contributed by atoms with van der Waals surface area (Å²) in [6.45, 7) is 2.51. The van der Waals surface area contributed by atoms with Crippen molar-refractivity contribution in [2.24, 2.45) is 17.8 Å². The molecule has 4 bridgehead atoms. The maximum Gasteiger partial charge on any atom is 0.254 e. The van der Waals surface area contributed by atoms with Crippen LogP contribution in [0.3, 0.4) is 0 Å². The number of hydrogen-bond acceptors (Lipinski definition) is 4. The Balaban J connectivity index is 1.52. The van der Waals surface area contributed by atoms with Gasteiger partial charge in [0, 0.05) is 30.4 Å². The minimum atomic E-state index is -0.446. The second kappa shape index (κ2) is 5.71. The van der Waals surface area contributed by atoms with Crippen molar-refractivity contribution < 1.29 is 9.90 Å². The van der Waals surface area contributed by atoms with Gasteiger partial charge in [-0.1, -0.05) is 0 Å². The van der Waals surface area contributed by atoms with E-state index in [1.807, 2.05) is 19.2 Å². The normalized spacial score (nSPS) is 35.0. The molecule has 1 amide bonds. The lowest BCUT2D eigenvalue weighted by molar-refractivity contribution is -0.129. The summed E-state index contributed by atoms with van der Waals surface area (Å²) in [5, 5.41) is 18.4. The number of aromatic nitrogens is 2. The number of aromatic amines is 1. The number of H-pyrrole nitrogens is 1. The number of hydrogen-bond donors (Lipinski definition) is 4. The van der Waals surface area contributed by atoms with E-state index in [0.717, 1.165) is 36.0 Å². The summed E-state index contributed by atoms with van der Waals surface area (Å²) in [4.78, 5) is 20.1. The second-order valence-electron chi connectivity index (χ2n) is 8.51. The van der Waals surface area contributed by atoms with Gasteiger partial charge in [0.2, 0.25) is 0 Å². The quantitative estimate of drug-likeness (QED) is 0.679. The number of nitrogens with one attached hydrogen (secondary N) is 3. The first-order valence-electron chi connectivity index (χ1n) is 9.79. The number of aliphatic hydroxyl groups is 1. The highest BCUT2D eigenvalue weighted by molar-refractivity contribution is 6.06. The Morgan fingerprint density at radius 2 is 2.12 bits per heavy atom. The lowest BCUT2D eigenvalue weighted by Gasteiger charge is -2.58. The van der Waals surface area contributed by atoms with Crippen molar-refractivity contribution in [2.45, 2.75) is 50.7 Å². The van der Waals surface area contributed by atoms with Crippen LogP contribution in [-0.4, -0.2) is 39.2 Å².